The number of aryl methyl sites for hydroxylation is 1. The molecule has 0 aliphatic carbocycles. The monoisotopic (exact) mass is 217 g/mol. The van der Waals surface area contributed by atoms with Gasteiger partial charge >= 0.3 is 0 Å². The van der Waals surface area contributed by atoms with E-state index >= 15 is 0 Å². The van der Waals surface area contributed by atoms with E-state index in [1.165, 1.54) is 5.56 Å². The van der Waals surface area contributed by atoms with Gasteiger partial charge < -0.3 is 4.90 Å². The van der Waals surface area contributed by atoms with E-state index in [4.69, 9.17) is 0 Å². The molecule has 0 heterocycles. The largest absolute Gasteiger partial charge is 0.309 e. The van der Waals surface area contributed by atoms with Gasteiger partial charge in [0.1, 0.15) is 0 Å². The Hall–Kier alpha value is -1.57. The number of hydrogen-bond donors (Lipinski definition) is 0. The molecule has 86 valence electrons. The molecule has 0 N–H and O–H groups in total. The molecular weight excluding hydrogens is 198 g/mol. The van der Waals surface area contributed by atoms with E-state index in [1.54, 1.807) is 11.0 Å². The molecule has 1 amide bonds. The van der Waals surface area contributed by atoms with Crippen molar-refractivity contribution in [3.8, 4) is 0 Å². The van der Waals surface area contributed by atoms with Crippen molar-refractivity contribution < 1.29 is 4.79 Å². The van der Waals surface area contributed by atoms with Gasteiger partial charge in [0.2, 0.25) is 0 Å². The van der Waals surface area contributed by atoms with Crippen LogP contribution in [-0.4, -0.2) is 12.5 Å². The van der Waals surface area contributed by atoms with E-state index in [9.17, 15) is 4.79 Å². The van der Waals surface area contributed by atoms with E-state index in [0.29, 0.717) is 6.54 Å². The fourth-order valence-electron chi connectivity index (χ4n) is 1.59. The molecule has 0 aliphatic heterocycles. The van der Waals surface area contributed by atoms with Gasteiger partial charge in [0.25, 0.3) is 5.91 Å². The van der Waals surface area contributed by atoms with Gasteiger partial charge in [-0.15, -0.1) is 0 Å². The maximum atomic E-state index is 11.9. The van der Waals surface area contributed by atoms with Crippen LogP contribution < -0.4 is 4.90 Å². The highest BCUT2D eigenvalue weighted by Crippen LogP contribution is 2.16. The standard InChI is InChI=1S/C14H19NO/c1-5-15(14(16)9-11(2)3)13-8-6-7-12(4)10-13/h6-10H,5H2,1-4H3. The number of nitrogens with zero attached hydrogens (tertiary/aromatic N) is 1. The summed E-state index contributed by atoms with van der Waals surface area (Å²) >= 11 is 0. The Balaban J connectivity index is 2.99. The van der Waals surface area contributed by atoms with E-state index in [-0.39, 0.29) is 5.91 Å². The van der Waals surface area contributed by atoms with Crippen molar-refractivity contribution in [2.45, 2.75) is 27.7 Å². The lowest BCUT2D eigenvalue weighted by Gasteiger charge is -2.20. The topological polar surface area (TPSA) is 20.3 Å². The molecule has 1 rings (SSSR count). The van der Waals surface area contributed by atoms with E-state index < -0.39 is 0 Å². The van der Waals surface area contributed by atoms with Gasteiger partial charge in [-0.25, -0.2) is 0 Å². The van der Waals surface area contributed by atoms with Crippen LogP contribution in [0.4, 0.5) is 5.69 Å². The Morgan fingerprint density at radius 2 is 2.06 bits per heavy atom. The first kappa shape index (κ1) is 12.5. The van der Waals surface area contributed by atoms with Gasteiger partial charge in [-0.05, 0) is 45.4 Å². The van der Waals surface area contributed by atoms with Crippen LogP contribution in [0.15, 0.2) is 35.9 Å². The Labute approximate surface area is 97.6 Å². The summed E-state index contributed by atoms with van der Waals surface area (Å²) in [5.74, 6) is 0.0492. The Morgan fingerprint density at radius 1 is 1.38 bits per heavy atom. The number of carbonyl (C=O) groups is 1. The summed E-state index contributed by atoms with van der Waals surface area (Å²) < 4.78 is 0. The van der Waals surface area contributed by atoms with Gasteiger partial charge in [-0.3, -0.25) is 4.79 Å². The third-order valence-corrected chi connectivity index (χ3v) is 2.31. The summed E-state index contributed by atoms with van der Waals surface area (Å²) in [5, 5.41) is 0. The van der Waals surface area contributed by atoms with Crippen LogP contribution in [0.3, 0.4) is 0 Å². The smallest absolute Gasteiger partial charge is 0.250 e. The molecule has 1 aromatic rings. The summed E-state index contributed by atoms with van der Waals surface area (Å²) in [5.41, 5.74) is 3.15. The van der Waals surface area contributed by atoms with Crippen molar-refractivity contribution in [1.82, 2.24) is 0 Å². The molecule has 0 radical (unpaired) electrons. The van der Waals surface area contributed by atoms with Crippen LogP contribution in [0, 0.1) is 6.92 Å². The number of allylic oxidation sites excluding steroid dienone is 1. The van der Waals surface area contributed by atoms with Crippen LogP contribution in [0.25, 0.3) is 0 Å². The Kier molecular flexibility index (Phi) is 4.29. The molecule has 0 saturated carbocycles. The number of rotatable bonds is 3. The number of hydrogen-bond acceptors (Lipinski definition) is 1. The number of amides is 1. The summed E-state index contributed by atoms with van der Waals surface area (Å²) in [6.07, 6.45) is 1.67. The molecule has 16 heavy (non-hydrogen) atoms. The molecule has 0 unspecified atom stereocenters. The zero-order valence-electron chi connectivity index (χ0n) is 10.4. The lowest BCUT2D eigenvalue weighted by Crippen LogP contribution is -2.29. The number of carbonyl (C=O) groups excluding carboxylic acids is 1. The van der Waals surface area contributed by atoms with Crippen molar-refractivity contribution >= 4 is 11.6 Å². The fourth-order valence-corrected chi connectivity index (χ4v) is 1.59. The molecule has 2 heteroatoms. The third-order valence-electron chi connectivity index (χ3n) is 2.31. The summed E-state index contributed by atoms with van der Waals surface area (Å²) in [6.45, 7) is 8.57. The van der Waals surface area contributed by atoms with Crippen LogP contribution in [-0.2, 0) is 4.79 Å². The lowest BCUT2D eigenvalue weighted by atomic mass is 10.2. The summed E-state index contributed by atoms with van der Waals surface area (Å²) in [7, 11) is 0. The molecule has 0 fully saturated rings. The van der Waals surface area contributed by atoms with Gasteiger partial charge in [0.15, 0.2) is 0 Å². The van der Waals surface area contributed by atoms with Crippen LogP contribution >= 0.6 is 0 Å². The first-order valence-corrected chi connectivity index (χ1v) is 5.57. The average molecular weight is 217 g/mol. The van der Waals surface area contributed by atoms with E-state index in [1.807, 2.05) is 52.0 Å². The predicted octanol–water partition coefficient (Wildman–Crippen LogP) is 3.31. The van der Waals surface area contributed by atoms with Crippen molar-refractivity contribution in [3.63, 3.8) is 0 Å². The third kappa shape index (κ3) is 3.23. The molecule has 0 atom stereocenters. The molecule has 0 saturated heterocycles. The van der Waals surface area contributed by atoms with Crippen molar-refractivity contribution in [3.05, 3.63) is 41.5 Å². The number of likely N-dealkylation sites (N-methyl/N-ethyl adjacent to an activating group) is 1. The number of anilines is 1. The first-order chi connectivity index (χ1) is 7.54. The van der Waals surface area contributed by atoms with Crippen LogP contribution in [0.5, 0.6) is 0 Å². The highest BCUT2D eigenvalue weighted by molar-refractivity contribution is 6.01. The summed E-state index contributed by atoms with van der Waals surface area (Å²) in [6, 6.07) is 8.00. The minimum Gasteiger partial charge on any atom is -0.309 e. The molecule has 0 spiro atoms. The predicted molar refractivity (Wildman–Crippen MR) is 68.6 cm³/mol. The second-order valence-electron chi connectivity index (χ2n) is 4.14. The molecule has 0 bridgehead atoms. The second-order valence-corrected chi connectivity index (χ2v) is 4.14. The maximum Gasteiger partial charge on any atom is 0.250 e. The zero-order chi connectivity index (χ0) is 12.1. The first-order valence-electron chi connectivity index (χ1n) is 5.57. The molecular formula is C14H19NO. The van der Waals surface area contributed by atoms with Gasteiger partial charge in [0, 0.05) is 18.3 Å². The average Bonchev–Trinajstić information content (AvgIpc) is 2.17. The zero-order valence-corrected chi connectivity index (χ0v) is 10.4. The molecule has 2 nitrogen and oxygen atoms in total. The van der Waals surface area contributed by atoms with Crippen molar-refractivity contribution in [2.24, 2.45) is 0 Å². The van der Waals surface area contributed by atoms with Gasteiger partial charge in [0.05, 0.1) is 0 Å². The van der Waals surface area contributed by atoms with Gasteiger partial charge in [-0.2, -0.15) is 0 Å². The normalized spacial score (nSPS) is 9.75. The minimum absolute atomic E-state index is 0.0492. The van der Waals surface area contributed by atoms with Gasteiger partial charge in [-0.1, -0.05) is 17.7 Å². The van der Waals surface area contributed by atoms with Crippen molar-refractivity contribution in [2.75, 3.05) is 11.4 Å². The maximum absolute atomic E-state index is 11.9. The lowest BCUT2D eigenvalue weighted by molar-refractivity contribution is -0.114. The van der Waals surface area contributed by atoms with Crippen LogP contribution in [0.2, 0.25) is 0 Å². The molecule has 1 aromatic carbocycles. The second kappa shape index (κ2) is 5.50. The SMILES string of the molecule is CCN(C(=O)C=C(C)C)c1cccc(C)c1. The summed E-state index contributed by atoms with van der Waals surface area (Å²) in [4.78, 5) is 13.7. The highest BCUT2D eigenvalue weighted by atomic mass is 16.2. The Morgan fingerprint density at radius 3 is 2.56 bits per heavy atom. The fraction of sp³-hybridized carbons (Fsp3) is 0.357. The van der Waals surface area contributed by atoms with E-state index in [0.717, 1.165) is 11.3 Å². The quantitative estimate of drug-likeness (QED) is 0.711. The minimum atomic E-state index is 0.0492. The van der Waals surface area contributed by atoms with Crippen molar-refractivity contribution in [1.29, 1.82) is 0 Å². The Bertz CT molecular complexity index is 403. The highest BCUT2D eigenvalue weighted by Gasteiger charge is 2.10. The number of benzene rings is 1. The van der Waals surface area contributed by atoms with Crippen LogP contribution in [0.1, 0.15) is 26.3 Å². The molecule has 0 aromatic heterocycles. The molecule has 0 aliphatic rings. The van der Waals surface area contributed by atoms with E-state index in [2.05, 4.69) is 0 Å².